The van der Waals surface area contributed by atoms with Crippen LogP contribution in [0, 0.1) is 0 Å². The Kier molecular flexibility index (Phi) is 3.87. The van der Waals surface area contributed by atoms with E-state index in [9.17, 15) is 4.79 Å². The number of hydrogen-bond donors (Lipinski definition) is 0. The zero-order valence-electron chi connectivity index (χ0n) is 12.7. The number of rotatable bonds is 2. The second-order valence-corrected chi connectivity index (χ2v) is 6.98. The van der Waals surface area contributed by atoms with Crippen molar-refractivity contribution in [2.75, 3.05) is 7.05 Å². The summed E-state index contributed by atoms with van der Waals surface area (Å²) in [7, 11) is 1.73. The molecule has 1 saturated heterocycles. The molecule has 3 heterocycles. The van der Waals surface area contributed by atoms with Crippen LogP contribution in [-0.2, 0) is 4.79 Å². The van der Waals surface area contributed by atoms with Gasteiger partial charge in [0.1, 0.15) is 0 Å². The molecule has 118 valence electrons. The average molecular weight is 352 g/mol. The Morgan fingerprint density at radius 2 is 2.04 bits per heavy atom. The lowest BCUT2D eigenvalue weighted by Gasteiger charge is -2.05. The quantitative estimate of drug-likeness (QED) is 0.656. The van der Waals surface area contributed by atoms with Crippen LogP contribution in [-0.4, -0.2) is 33.0 Å². The monoisotopic (exact) mass is 352 g/mol. The van der Waals surface area contributed by atoms with E-state index in [2.05, 4.69) is 15.0 Å². The minimum Gasteiger partial charge on any atom is -0.289 e. The third-order valence-corrected chi connectivity index (χ3v) is 5.31. The molecule has 0 aliphatic carbocycles. The molecular weight excluding hydrogens is 340 g/mol. The number of nitrogens with zero attached hydrogens (tertiary/aromatic N) is 4. The second kappa shape index (κ2) is 6.18. The molecule has 1 amide bonds. The van der Waals surface area contributed by atoms with Gasteiger partial charge >= 0.3 is 0 Å². The highest BCUT2D eigenvalue weighted by atomic mass is 32.2. The third-order valence-electron chi connectivity index (χ3n) is 3.58. The molecule has 0 spiro atoms. The van der Waals surface area contributed by atoms with Crippen LogP contribution < -0.4 is 0 Å². The Labute approximate surface area is 146 Å². The van der Waals surface area contributed by atoms with E-state index >= 15 is 0 Å². The molecule has 3 aromatic rings. The van der Waals surface area contributed by atoms with Crippen LogP contribution in [0.3, 0.4) is 0 Å². The molecule has 1 fully saturated rings. The first-order chi connectivity index (χ1) is 11.7. The molecule has 0 atom stereocenters. The lowest BCUT2D eigenvalue weighted by molar-refractivity contribution is -0.121. The summed E-state index contributed by atoms with van der Waals surface area (Å²) in [5.74, 6) is -0.0591. The van der Waals surface area contributed by atoms with Crippen LogP contribution in [0.2, 0.25) is 0 Å². The summed E-state index contributed by atoms with van der Waals surface area (Å²) in [6, 6.07) is 9.81. The summed E-state index contributed by atoms with van der Waals surface area (Å²) in [4.78, 5) is 27.6. The van der Waals surface area contributed by atoms with Crippen LogP contribution in [0.4, 0.5) is 5.13 Å². The maximum Gasteiger partial charge on any atom is 0.266 e. The van der Waals surface area contributed by atoms with E-state index in [1.54, 1.807) is 24.3 Å². The van der Waals surface area contributed by atoms with Gasteiger partial charge in [-0.3, -0.25) is 14.7 Å². The fraction of sp³-hybridized carbons (Fsp3) is 0.0588. The van der Waals surface area contributed by atoms with E-state index in [1.165, 1.54) is 23.1 Å². The van der Waals surface area contributed by atoms with Gasteiger partial charge < -0.3 is 0 Å². The number of carbonyl (C=O) groups is 1. The lowest BCUT2D eigenvalue weighted by atomic mass is 10.1. The van der Waals surface area contributed by atoms with Gasteiger partial charge in [-0.25, -0.2) is 4.98 Å². The van der Waals surface area contributed by atoms with E-state index in [-0.39, 0.29) is 5.91 Å². The standard InChI is InChI=1S/C17H12N4OS2/c1-21-15(22)14(24-17(21)20-16-19-8-9-23-16)10-11-6-7-18-13-5-3-2-4-12(11)13/h2-10H,1H3/b14-10-,20-17-. The number of fused-ring (bicyclic) bond motifs is 1. The summed E-state index contributed by atoms with van der Waals surface area (Å²) in [5.41, 5.74) is 1.88. The van der Waals surface area contributed by atoms with Crippen molar-refractivity contribution in [3.63, 3.8) is 0 Å². The Morgan fingerprint density at radius 3 is 2.88 bits per heavy atom. The van der Waals surface area contributed by atoms with Crippen molar-refractivity contribution < 1.29 is 4.79 Å². The fourth-order valence-electron chi connectivity index (χ4n) is 2.39. The molecular formula is C17H12N4OS2. The van der Waals surface area contributed by atoms with E-state index in [0.29, 0.717) is 15.2 Å². The van der Waals surface area contributed by atoms with E-state index in [0.717, 1.165) is 16.5 Å². The van der Waals surface area contributed by atoms with Crippen LogP contribution in [0.15, 0.2) is 58.0 Å². The maximum atomic E-state index is 12.5. The number of benzene rings is 1. The van der Waals surface area contributed by atoms with Crippen molar-refractivity contribution >= 4 is 56.3 Å². The van der Waals surface area contributed by atoms with Crippen molar-refractivity contribution in [1.29, 1.82) is 0 Å². The number of amidine groups is 1. The van der Waals surface area contributed by atoms with Crippen molar-refractivity contribution in [2.45, 2.75) is 0 Å². The minimum absolute atomic E-state index is 0.0591. The normalized spacial score (nSPS) is 18.2. The van der Waals surface area contributed by atoms with Crippen molar-refractivity contribution in [3.05, 3.63) is 58.6 Å². The summed E-state index contributed by atoms with van der Waals surface area (Å²) < 4.78 is 0. The van der Waals surface area contributed by atoms with Crippen LogP contribution in [0.1, 0.15) is 5.56 Å². The molecule has 1 aliphatic heterocycles. The summed E-state index contributed by atoms with van der Waals surface area (Å²) in [6.45, 7) is 0. The largest absolute Gasteiger partial charge is 0.289 e. The third kappa shape index (κ3) is 2.72. The van der Waals surface area contributed by atoms with Gasteiger partial charge in [0, 0.05) is 30.2 Å². The molecule has 24 heavy (non-hydrogen) atoms. The Balaban J connectivity index is 1.74. The number of amides is 1. The molecule has 4 rings (SSSR count). The zero-order valence-corrected chi connectivity index (χ0v) is 14.3. The number of para-hydroxylation sites is 1. The number of thiazole rings is 1. The van der Waals surface area contributed by atoms with Gasteiger partial charge in [0.2, 0.25) is 5.13 Å². The predicted molar refractivity (Wildman–Crippen MR) is 99.3 cm³/mol. The maximum absolute atomic E-state index is 12.5. The molecule has 7 heteroatoms. The van der Waals surface area contributed by atoms with Gasteiger partial charge in [-0.2, -0.15) is 4.99 Å². The highest BCUT2D eigenvalue weighted by Gasteiger charge is 2.30. The topological polar surface area (TPSA) is 58.5 Å². The molecule has 1 aromatic carbocycles. The van der Waals surface area contributed by atoms with E-state index in [1.807, 2.05) is 41.8 Å². The first-order valence-corrected chi connectivity index (χ1v) is 8.91. The first-order valence-electron chi connectivity index (χ1n) is 7.22. The first kappa shape index (κ1) is 15.0. The van der Waals surface area contributed by atoms with Gasteiger partial charge in [-0.15, -0.1) is 11.3 Å². The SMILES string of the molecule is CN1C(=O)/C(=C/c2ccnc3ccccc23)S/C1=N\c1nccs1. The van der Waals surface area contributed by atoms with E-state index < -0.39 is 0 Å². The molecule has 0 bridgehead atoms. The molecule has 1 aliphatic rings. The highest BCUT2D eigenvalue weighted by Crippen LogP contribution is 2.34. The molecule has 2 aromatic heterocycles. The van der Waals surface area contributed by atoms with Crippen molar-refractivity contribution in [2.24, 2.45) is 4.99 Å². The second-order valence-electron chi connectivity index (χ2n) is 5.10. The number of aliphatic imine (C=N–C) groups is 1. The fourth-order valence-corrected chi connectivity index (χ4v) is 3.91. The molecule has 0 radical (unpaired) electrons. The molecule has 5 nitrogen and oxygen atoms in total. The average Bonchev–Trinajstić information content (AvgIpc) is 3.20. The Bertz CT molecular complexity index is 974. The van der Waals surface area contributed by atoms with Gasteiger partial charge in [0.25, 0.3) is 5.91 Å². The van der Waals surface area contributed by atoms with Gasteiger partial charge in [0.05, 0.1) is 10.4 Å². The zero-order chi connectivity index (χ0) is 16.5. The smallest absolute Gasteiger partial charge is 0.266 e. The predicted octanol–water partition coefficient (Wildman–Crippen LogP) is 3.93. The molecule has 0 unspecified atom stereocenters. The number of likely N-dealkylation sites (N-methyl/N-ethyl adjacent to an activating group) is 1. The van der Waals surface area contributed by atoms with Gasteiger partial charge in [-0.1, -0.05) is 18.2 Å². The number of pyridine rings is 1. The summed E-state index contributed by atoms with van der Waals surface area (Å²) >= 11 is 2.80. The minimum atomic E-state index is -0.0591. The number of carbonyl (C=O) groups excluding carboxylic acids is 1. The Hall–Kier alpha value is -2.51. The van der Waals surface area contributed by atoms with Crippen LogP contribution in [0.5, 0.6) is 0 Å². The number of aromatic nitrogens is 2. The Morgan fingerprint density at radius 1 is 1.17 bits per heavy atom. The van der Waals surface area contributed by atoms with Gasteiger partial charge in [-0.05, 0) is 35.5 Å². The van der Waals surface area contributed by atoms with E-state index in [4.69, 9.17) is 0 Å². The summed E-state index contributed by atoms with van der Waals surface area (Å²) in [5, 5.41) is 4.17. The lowest BCUT2D eigenvalue weighted by Crippen LogP contribution is -2.23. The van der Waals surface area contributed by atoms with Crippen molar-refractivity contribution in [1.82, 2.24) is 14.9 Å². The van der Waals surface area contributed by atoms with Crippen LogP contribution >= 0.6 is 23.1 Å². The summed E-state index contributed by atoms with van der Waals surface area (Å²) in [6.07, 6.45) is 5.36. The van der Waals surface area contributed by atoms with Crippen molar-refractivity contribution in [3.8, 4) is 0 Å². The molecule has 0 N–H and O–H groups in total. The number of thioether (sulfide) groups is 1. The van der Waals surface area contributed by atoms with Gasteiger partial charge in [0.15, 0.2) is 5.17 Å². The molecule has 0 saturated carbocycles. The highest BCUT2D eigenvalue weighted by molar-refractivity contribution is 8.18. The van der Waals surface area contributed by atoms with Crippen LogP contribution in [0.25, 0.3) is 17.0 Å². The number of hydrogen-bond acceptors (Lipinski definition) is 6.